The maximum Gasteiger partial charge on any atom is 0.290 e. The number of carboxylic acid groups (broad SMARTS) is 1. The Hall–Kier alpha value is -2.48. The maximum absolute atomic E-state index is 13.6. The van der Waals surface area contributed by atoms with Crippen LogP contribution in [0.1, 0.15) is 10.4 Å². The summed E-state index contributed by atoms with van der Waals surface area (Å²) in [6.45, 7) is 0.764. The molecule has 1 aromatic carbocycles. The van der Waals surface area contributed by atoms with E-state index >= 15 is 0 Å². The number of para-hydroxylation sites is 1. The smallest absolute Gasteiger partial charge is 0.290 e. The number of anilines is 1. The van der Waals surface area contributed by atoms with Crippen molar-refractivity contribution in [2.24, 2.45) is 0 Å². The van der Waals surface area contributed by atoms with E-state index in [0.29, 0.717) is 13.1 Å². The summed E-state index contributed by atoms with van der Waals surface area (Å²) >= 11 is 0. The number of carbonyl (C=O) groups is 3. The van der Waals surface area contributed by atoms with Gasteiger partial charge in [0.2, 0.25) is 5.91 Å². The van der Waals surface area contributed by atoms with Gasteiger partial charge in [-0.25, -0.2) is 4.39 Å². The maximum atomic E-state index is 13.6. The molecule has 0 unspecified atom stereocenters. The van der Waals surface area contributed by atoms with Crippen LogP contribution >= 0.6 is 0 Å². The summed E-state index contributed by atoms with van der Waals surface area (Å²) in [6, 6.07) is 4.21. The minimum Gasteiger partial charge on any atom is -0.483 e. The Bertz CT molecular complexity index is 563. The van der Waals surface area contributed by atoms with Gasteiger partial charge >= 0.3 is 0 Å². The van der Waals surface area contributed by atoms with Gasteiger partial charge in [0, 0.05) is 13.1 Å². The monoisotopic (exact) mass is 311 g/mol. The van der Waals surface area contributed by atoms with Crippen molar-refractivity contribution in [2.45, 2.75) is 0 Å². The van der Waals surface area contributed by atoms with Crippen LogP contribution < -0.4 is 5.32 Å². The van der Waals surface area contributed by atoms with Crippen molar-refractivity contribution in [2.75, 3.05) is 39.0 Å². The highest BCUT2D eigenvalue weighted by molar-refractivity contribution is 6.08. The molecule has 7 nitrogen and oxygen atoms in total. The van der Waals surface area contributed by atoms with Crippen LogP contribution in [0, 0.1) is 5.82 Å². The van der Waals surface area contributed by atoms with Crippen LogP contribution in [0.3, 0.4) is 0 Å². The lowest BCUT2D eigenvalue weighted by molar-refractivity contribution is -0.123. The summed E-state index contributed by atoms with van der Waals surface area (Å²) in [4.78, 5) is 35.7. The highest BCUT2D eigenvalue weighted by atomic mass is 19.1. The van der Waals surface area contributed by atoms with E-state index in [1.54, 1.807) is 0 Å². The van der Waals surface area contributed by atoms with Gasteiger partial charge in [0.05, 0.1) is 11.3 Å². The molecule has 0 saturated carbocycles. The number of likely N-dealkylation sites (N-methyl/N-ethyl adjacent to an activating group) is 1. The van der Waals surface area contributed by atoms with Crippen molar-refractivity contribution in [3.05, 3.63) is 29.6 Å². The fourth-order valence-electron chi connectivity index (χ4n) is 1.93. The zero-order chi connectivity index (χ0) is 16.7. The van der Waals surface area contributed by atoms with E-state index < -0.39 is 5.82 Å². The van der Waals surface area contributed by atoms with Crippen molar-refractivity contribution in [3.8, 4) is 0 Å². The standard InChI is InChI=1S/C13H16FN3O2.CH2O2/c1-16(2)6-7-17-8-11(18)15-12-9(13(17)19)4-3-5-10(12)14;2-1-3/h3-5H,6-8H2,1-2H3,(H,15,18);1H,(H,2,3). The van der Waals surface area contributed by atoms with Gasteiger partial charge < -0.3 is 20.2 Å². The molecule has 2 N–H and O–H groups in total. The van der Waals surface area contributed by atoms with Gasteiger partial charge in [0.1, 0.15) is 12.4 Å². The number of benzene rings is 1. The number of nitrogens with zero attached hydrogens (tertiary/aromatic N) is 2. The molecule has 0 fully saturated rings. The van der Waals surface area contributed by atoms with E-state index in [1.165, 1.54) is 23.1 Å². The first-order valence-corrected chi connectivity index (χ1v) is 6.51. The van der Waals surface area contributed by atoms with Crippen molar-refractivity contribution in [1.82, 2.24) is 9.80 Å². The second-order valence-corrected chi connectivity index (χ2v) is 4.85. The normalized spacial score (nSPS) is 13.7. The molecule has 0 aromatic heterocycles. The molecule has 2 rings (SSSR count). The van der Waals surface area contributed by atoms with Crippen molar-refractivity contribution in [3.63, 3.8) is 0 Å². The Morgan fingerprint density at radius 1 is 1.41 bits per heavy atom. The Morgan fingerprint density at radius 2 is 2.05 bits per heavy atom. The van der Waals surface area contributed by atoms with Crippen LogP contribution in [0.15, 0.2) is 18.2 Å². The van der Waals surface area contributed by atoms with Crippen LogP contribution in [0.4, 0.5) is 10.1 Å². The summed E-state index contributed by atoms with van der Waals surface area (Å²) in [6.07, 6.45) is 0. The fraction of sp³-hybridized carbons (Fsp3) is 0.357. The number of hydrogen-bond donors (Lipinski definition) is 2. The average Bonchev–Trinajstić information content (AvgIpc) is 2.57. The molecule has 0 atom stereocenters. The lowest BCUT2D eigenvalue weighted by atomic mass is 10.1. The third-order valence-electron chi connectivity index (χ3n) is 2.95. The van der Waals surface area contributed by atoms with Gasteiger partial charge in [-0.3, -0.25) is 14.4 Å². The molecule has 8 heteroatoms. The topological polar surface area (TPSA) is 90.0 Å². The number of halogens is 1. The molecule has 0 spiro atoms. The molecule has 22 heavy (non-hydrogen) atoms. The molecule has 1 heterocycles. The van der Waals surface area contributed by atoms with Gasteiger partial charge in [-0.2, -0.15) is 0 Å². The average molecular weight is 311 g/mol. The first-order valence-electron chi connectivity index (χ1n) is 6.51. The van der Waals surface area contributed by atoms with E-state index in [2.05, 4.69) is 5.32 Å². The third-order valence-corrected chi connectivity index (χ3v) is 2.95. The highest BCUT2D eigenvalue weighted by Crippen LogP contribution is 2.23. The van der Waals surface area contributed by atoms with Crippen LogP contribution in [-0.2, 0) is 9.59 Å². The third kappa shape index (κ3) is 4.52. The van der Waals surface area contributed by atoms with Crippen molar-refractivity contribution < 1.29 is 23.9 Å². The summed E-state index contributed by atoms with van der Waals surface area (Å²) in [5.74, 6) is -1.29. The number of hydrogen-bond acceptors (Lipinski definition) is 4. The SMILES string of the molecule is CN(C)CCN1CC(=O)Nc2c(F)cccc2C1=O.O=CO. The quantitative estimate of drug-likeness (QED) is 0.793. The highest BCUT2D eigenvalue weighted by Gasteiger charge is 2.27. The van der Waals surface area contributed by atoms with Gasteiger partial charge in [-0.05, 0) is 26.2 Å². The van der Waals surface area contributed by atoms with E-state index in [0.717, 1.165) is 0 Å². The largest absolute Gasteiger partial charge is 0.483 e. The number of amides is 2. The summed E-state index contributed by atoms with van der Waals surface area (Å²) in [5, 5.41) is 9.34. The molecular formula is C14H18FN3O4. The molecule has 1 aliphatic heterocycles. The Kier molecular flexibility index (Phi) is 6.46. The zero-order valence-electron chi connectivity index (χ0n) is 12.4. The van der Waals surface area contributed by atoms with E-state index in [9.17, 15) is 14.0 Å². The number of nitrogens with one attached hydrogen (secondary N) is 1. The Morgan fingerprint density at radius 3 is 2.64 bits per heavy atom. The molecular weight excluding hydrogens is 293 g/mol. The number of fused-ring (bicyclic) bond motifs is 1. The van der Waals surface area contributed by atoms with Gasteiger partial charge in [0.25, 0.3) is 12.4 Å². The lowest BCUT2D eigenvalue weighted by Crippen LogP contribution is -2.39. The Labute approximate surface area is 127 Å². The van der Waals surface area contributed by atoms with E-state index in [1.807, 2.05) is 19.0 Å². The molecule has 0 bridgehead atoms. The van der Waals surface area contributed by atoms with E-state index in [-0.39, 0.29) is 36.1 Å². The first kappa shape index (κ1) is 17.6. The summed E-state index contributed by atoms with van der Waals surface area (Å²) in [7, 11) is 3.77. The molecule has 1 aliphatic rings. The minimum atomic E-state index is -0.589. The fourth-order valence-corrected chi connectivity index (χ4v) is 1.93. The van der Waals surface area contributed by atoms with Gasteiger partial charge in [0.15, 0.2) is 0 Å². The van der Waals surface area contributed by atoms with Crippen LogP contribution in [0.5, 0.6) is 0 Å². The molecule has 0 radical (unpaired) electrons. The molecule has 0 saturated heterocycles. The van der Waals surface area contributed by atoms with Gasteiger partial charge in [-0.1, -0.05) is 6.07 Å². The predicted octanol–water partition coefficient (Wildman–Crippen LogP) is 0.482. The number of carbonyl (C=O) groups excluding carboxylic acids is 2. The molecule has 1 aromatic rings. The van der Waals surface area contributed by atoms with Crippen LogP contribution in [-0.4, -0.2) is 66.9 Å². The first-order chi connectivity index (χ1) is 10.4. The Balaban J connectivity index is 0.000000745. The molecule has 120 valence electrons. The predicted molar refractivity (Wildman–Crippen MR) is 78.2 cm³/mol. The molecule has 2 amide bonds. The lowest BCUT2D eigenvalue weighted by Gasteiger charge is -2.21. The number of rotatable bonds is 3. The van der Waals surface area contributed by atoms with Gasteiger partial charge in [-0.15, -0.1) is 0 Å². The van der Waals surface area contributed by atoms with E-state index in [4.69, 9.17) is 9.90 Å². The summed E-state index contributed by atoms with van der Waals surface area (Å²) < 4.78 is 13.6. The van der Waals surface area contributed by atoms with Crippen molar-refractivity contribution >= 4 is 24.0 Å². The molecule has 0 aliphatic carbocycles. The second-order valence-electron chi connectivity index (χ2n) is 4.85. The van der Waals surface area contributed by atoms with Crippen LogP contribution in [0.25, 0.3) is 0 Å². The summed E-state index contributed by atoms with van der Waals surface area (Å²) in [5.41, 5.74) is 0.175. The van der Waals surface area contributed by atoms with Crippen molar-refractivity contribution in [1.29, 1.82) is 0 Å². The minimum absolute atomic E-state index is 0.0233. The second kappa shape index (κ2) is 8.08. The van der Waals surface area contributed by atoms with Crippen LogP contribution in [0.2, 0.25) is 0 Å². The zero-order valence-corrected chi connectivity index (χ0v) is 12.4.